The van der Waals surface area contributed by atoms with Crippen molar-refractivity contribution in [1.82, 2.24) is 14.8 Å². The third-order valence-electron chi connectivity index (χ3n) is 6.59. The SMILES string of the molecule is C=C(C)OC(=O)Nc1cc(Oc2ccc(NC(=O)Nc3cc(C(C)(C)C)nn3-c3ccc(C)cc3)c3ccccc23)ccn1. The van der Waals surface area contributed by atoms with Crippen LogP contribution in [0.15, 0.2) is 97.4 Å². The number of nitrogens with one attached hydrogen (secondary N) is 3. The van der Waals surface area contributed by atoms with Gasteiger partial charge in [-0.15, -0.1) is 0 Å². The molecule has 5 aromatic rings. The summed E-state index contributed by atoms with van der Waals surface area (Å²) in [6.07, 6.45) is 0.818. The maximum Gasteiger partial charge on any atom is 0.417 e. The third kappa shape index (κ3) is 7.04. The van der Waals surface area contributed by atoms with Crippen molar-refractivity contribution in [2.75, 3.05) is 16.0 Å². The van der Waals surface area contributed by atoms with Crippen molar-refractivity contribution in [2.24, 2.45) is 0 Å². The molecular formula is C34H34N6O4. The molecule has 0 fully saturated rings. The zero-order valence-electron chi connectivity index (χ0n) is 25.3. The molecule has 0 bridgehead atoms. The minimum atomic E-state index is -0.696. The topological polar surface area (TPSA) is 119 Å². The van der Waals surface area contributed by atoms with Crippen LogP contribution in [-0.2, 0) is 10.2 Å². The molecule has 2 aromatic heterocycles. The lowest BCUT2D eigenvalue weighted by Gasteiger charge is -2.14. The van der Waals surface area contributed by atoms with E-state index in [0.29, 0.717) is 23.0 Å². The predicted molar refractivity (Wildman–Crippen MR) is 173 cm³/mol. The Morgan fingerprint density at radius 2 is 1.61 bits per heavy atom. The molecule has 3 aromatic carbocycles. The molecule has 10 nitrogen and oxygen atoms in total. The quantitative estimate of drug-likeness (QED) is 0.163. The molecule has 0 aliphatic heterocycles. The summed E-state index contributed by atoms with van der Waals surface area (Å²) in [6.45, 7) is 13.4. The van der Waals surface area contributed by atoms with E-state index in [1.807, 2.05) is 61.5 Å². The molecule has 0 atom stereocenters. The molecule has 2 heterocycles. The number of rotatable bonds is 7. The molecule has 0 unspecified atom stereocenters. The Hall–Kier alpha value is -5.64. The van der Waals surface area contributed by atoms with Crippen molar-refractivity contribution >= 4 is 40.2 Å². The highest BCUT2D eigenvalue weighted by molar-refractivity contribution is 6.07. The number of ether oxygens (including phenoxy) is 2. The molecule has 44 heavy (non-hydrogen) atoms. The van der Waals surface area contributed by atoms with E-state index < -0.39 is 12.1 Å². The van der Waals surface area contributed by atoms with Gasteiger partial charge in [-0.25, -0.2) is 19.3 Å². The van der Waals surface area contributed by atoms with E-state index in [1.165, 1.54) is 6.20 Å². The fraction of sp³-hybridized carbons (Fsp3) is 0.176. The average Bonchev–Trinajstić information content (AvgIpc) is 3.39. The molecule has 0 aliphatic rings. The number of aryl methyl sites for hydroxylation is 1. The molecule has 3 N–H and O–H groups in total. The first-order chi connectivity index (χ1) is 21.0. The molecule has 5 rings (SSSR count). The molecule has 0 radical (unpaired) electrons. The van der Waals surface area contributed by atoms with Crippen LogP contribution in [0.2, 0.25) is 0 Å². The highest BCUT2D eigenvalue weighted by Crippen LogP contribution is 2.35. The molecule has 3 amide bonds. The summed E-state index contributed by atoms with van der Waals surface area (Å²) in [7, 11) is 0. The van der Waals surface area contributed by atoms with Crippen LogP contribution in [0, 0.1) is 6.92 Å². The van der Waals surface area contributed by atoms with Crippen LogP contribution in [-0.4, -0.2) is 26.9 Å². The smallest absolute Gasteiger partial charge is 0.417 e. The first-order valence-corrected chi connectivity index (χ1v) is 14.0. The number of urea groups is 1. The number of amides is 3. The third-order valence-corrected chi connectivity index (χ3v) is 6.59. The second-order valence-corrected chi connectivity index (χ2v) is 11.3. The number of benzene rings is 3. The van der Waals surface area contributed by atoms with Gasteiger partial charge in [-0.05, 0) is 44.2 Å². The standard InChI is InChI=1S/C34H34N6O4/c1-21(2)43-33(42)37-30-19-24(17-18-35-30)44-28-16-15-27(25-9-7-8-10-26(25)28)36-32(41)38-31-20-29(34(4,5)6)39-40(31)23-13-11-22(3)12-14-23/h7-20H,1H2,2-6H3,(H,35,37,42)(H2,36,38,41). The minimum absolute atomic E-state index is 0.214. The Morgan fingerprint density at radius 1 is 0.886 bits per heavy atom. The van der Waals surface area contributed by atoms with Gasteiger partial charge in [0.05, 0.1) is 22.8 Å². The molecule has 0 saturated carbocycles. The van der Waals surface area contributed by atoms with Crippen molar-refractivity contribution in [2.45, 2.75) is 40.0 Å². The Bertz CT molecular complexity index is 1850. The maximum absolute atomic E-state index is 13.3. The van der Waals surface area contributed by atoms with Gasteiger partial charge in [-0.3, -0.25) is 10.6 Å². The van der Waals surface area contributed by atoms with Crippen molar-refractivity contribution in [3.05, 3.63) is 109 Å². The normalized spacial score (nSPS) is 11.1. The van der Waals surface area contributed by atoms with Gasteiger partial charge in [0.25, 0.3) is 0 Å². The molecule has 0 aliphatic carbocycles. The summed E-state index contributed by atoms with van der Waals surface area (Å²) >= 11 is 0. The van der Waals surface area contributed by atoms with Gasteiger partial charge in [0.2, 0.25) is 0 Å². The van der Waals surface area contributed by atoms with Crippen LogP contribution in [0.5, 0.6) is 11.5 Å². The van der Waals surface area contributed by atoms with Crippen LogP contribution < -0.4 is 20.7 Å². The van der Waals surface area contributed by atoms with Crippen LogP contribution in [0.3, 0.4) is 0 Å². The number of pyridine rings is 1. The van der Waals surface area contributed by atoms with Crippen LogP contribution >= 0.6 is 0 Å². The second-order valence-electron chi connectivity index (χ2n) is 11.3. The highest BCUT2D eigenvalue weighted by Gasteiger charge is 2.22. The predicted octanol–water partition coefficient (Wildman–Crippen LogP) is 8.54. The van der Waals surface area contributed by atoms with E-state index in [1.54, 1.807) is 35.9 Å². The summed E-state index contributed by atoms with van der Waals surface area (Å²) in [4.78, 5) is 29.4. The van der Waals surface area contributed by atoms with Gasteiger partial charge in [-0.2, -0.15) is 5.10 Å². The minimum Gasteiger partial charge on any atom is -0.457 e. The molecule has 224 valence electrons. The van der Waals surface area contributed by atoms with Gasteiger partial charge in [0.1, 0.15) is 23.1 Å². The van der Waals surface area contributed by atoms with Crippen molar-refractivity contribution in [1.29, 1.82) is 0 Å². The summed E-state index contributed by atoms with van der Waals surface area (Å²) in [6, 6.07) is 23.8. The zero-order chi connectivity index (χ0) is 31.4. The summed E-state index contributed by atoms with van der Waals surface area (Å²) in [5, 5.41) is 14.9. The van der Waals surface area contributed by atoms with Crippen LogP contribution in [0.4, 0.5) is 26.9 Å². The lowest BCUT2D eigenvalue weighted by molar-refractivity contribution is 0.192. The monoisotopic (exact) mass is 590 g/mol. The van der Waals surface area contributed by atoms with E-state index in [2.05, 4.69) is 48.3 Å². The number of fused-ring (bicyclic) bond motifs is 1. The summed E-state index contributed by atoms with van der Waals surface area (Å²) in [5.74, 6) is 2.08. The maximum atomic E-state index is 13.3. The fourth-order valence-electron chi connectivity index (χ4n) is 4.42. The van der Waals surface area contributed by atoms with E-state index in [9.17, 15) is 9.59 Å². The van der Waals surface area contributed by atoms with E-state index in [4.69, 9.17) is 14.6 Å². The first kappa shape index (κ1) is 29.8. The van der Waals surface area contributed by atoms with Gasteiger partial charge >= 0.3 is 12.1 Å². The van der Waals surface area contributed by atoms with Crippen LogP contribution in [0.1, 0.15) is 39.0 Å². The number of hydrogen-bond donors (Lipinski definition) is 3. The molecular weight excluding hydrogens is 556 g/mol. The van der Waals surface area contributed by atoms with Gasteiger partial charge in [-0.1, -0.05) is 69.3 Å². The van der Waals surface area contributed by atoms with E-state index >= 15 is 0 Å². The number of carbonyl (C=O) groups is 2. The largest absolute Gasteiger partial charge is 0.457 e. The number of aromatic nitrogens is 3. The second kappa shape index (κ2) is 12.3. The average molecular weight is 591 g/mol. The molecule has 0 spiro atoms. The van der Waals surface area contributed by atoms with Gasteiger partial charge < -0.3 is 14.8 Å². The lowest BCUT2D eigenvalue weighted by Crippen LogP contribution is -2.21. The van der Waals surface area contributed by atoms with E-state index in [0.717, 1.165) is 27.7 Å². The molecule has 10 heteroatoms. The van der Waals surface area contributed by atoms with Gasteiger partial charge in [0.15, 0.2) is 0 Å². The zero-order valence-corrected chi connectivity index (χ0v) is 25.3. The lowest BCUT2D eigenvalue weighted by atomic mass is 9.92. The van der Waals surface area contributed by atoms with E-state index in [-0.39, 0.29) is 17.0 Å². The Labute approximate surface area is 255 Å². The number of hydrogen-bond acceptors (Lipinski definition) is 6. The van der Waals surface area contributed by atoms with Gasteiger partial charge in [0, 0.05) is 34.5 Å². The molecule has 0 saturated heterocycles. The Kier molecular flexibility index (Phi) is 8.34. The van der Waals surface area contributed by atoms with Crippen molar-refractivity contribution in [3.63, 3.8) is 0 Å². The summed E-state index contributed by atoms with van der Waals surface area (Å²) < 4.78 is 12.8. The first-order valence-electron chi connectivity index (χ1n) is 14.0. The number of nitrogens with zero attached hydrogens (tertiary/aromatic N) is 3. The fourth-order valence-corrected chi connectivity index (χ4v) is 4.42. The summed E-state index contributed by atoms with van der Waals surface area (Å²) in [5.41, 5.74) is 3.21. The van der Waals surface area contributed by atoms with Crippen molar-refractivity contribution < 1.29 is 19.1 Å². The highest BCUT2D eigenvalue weighted by atomic mass is 16.6. The van der Waals surface area contributed by atoms with Crippen molar-refractivity contribution in [3.8, 4) is 17.2 Å². The Balaban J connectivity index is 1.37. The van der Waals surface area contributed by atoms with Crippen LogP contribution in [0.25, 0.3) is 16.5 Å². The number of carbonyl (C=O) groups excluding carboxylic acids is 2. The Morgan fingerprint density at radius 3 is 2.32 bits per heavy atom. The number of anilines is 3. The number of allylic oxidation sites excluding steroid dienone is 1.